The lowest BCUT2D eigenvalue weighted by atomic mass is 10.0. The van der Waals surface area contributed by atoms with E-state index in [9.17, 15) is 9.90 Å². The van der Waals surface area contributed by atoms with Crippen molar-refractivity contribution in [2.75, 3.05) is 13.7 Å². The normalized spacial score (nSPS) is 11.5. The van der Waals surface area contributed by atoms with Gasteiger partial charge in [-0.2, -0.15) is 0 Å². The lowest BCUT2D eigenvalue weighted by Gasteiger charge is -2.20. The zero-order chi connectivity index (χ0) is 22.1. The molecule has 0 aliphatic heterocycles. The van der Waals surface area contributed by atoms with Crippen molar-refractivity contribution >= 4 is 6.09 Å². The molecule has 3 aromatic carbocycles. The molecule has 0 saturated heterocycles. The first kappa shape index (κ1) is 22.2. The molecule has 1 amide bonds. The second-order valence-corrected chi connectivity index (χ2v) is 7.06. The first-order chi connectivity index (χ1) is 15.1. The van der Waals surface area contributed by atoms with Gasteiger partial charge in [-0.05, 0) is 35.7 Å². The number of nitrogens with one attached hydrogen (secondary N) is 1. The molecule has 0 bridgehead atoms. The molecule has 6 heteroatoms. The van der Waals surface area contributed by atoms with E-state index in [4.69, 9.17) is 14.2 Å². The summed E-state index contributed by atoms with van der Waals surface area (Å²) in [6.07, 6.45) is -0.616. The lowest BCUT2D eigenvalue weighted by Crippen LogP contribution is -2.31. The van der Waals surface area contributed by atoms with E-state index in [-0.39, 0.29) is 13.2 Å². The van der Waals surface area contributed by atoms with Crippen LogP contribution in [0.2, 0.25) is 0 Å². The lowest BCUT2D eigenvalue weighted by molar-refractivity contribution is 0.129. The number of rotatable bonds is 9. The fourth-order valence-corrected chi connectivity index (χ4v) is 3.12. The van der Waals surface area contributed by atoms with Gasteiger partial charge in [-0.15, -0.1) is 0 Å². The molecule has 3 aromatic rings. The van der Waals surface area contributed by atoms with Gasteiger partial charge in [-0.25, -0.2) is 4.79 Å². The summed E-state index contributed by atoms with van der Waals surface area (Å²) in [4.78, 5) is 12.3. The molecule has 0 aliphatic rings. The average molecular weight is 421 g/mol. The number of hydrogen-bond donors (Lipinski definition) is 2. The Kier molecular flexibility index (Phi) is 7.90. The molecule has 1 atom stereocenters. The molecule has 0 aliphatic carbocycles. The van der Waals surface area contributed by atoms with Gasteiger partial charge in [0.2, 0.25) is 0 Å². The molecule has 0 unspecified atom stereocenters. The predicted molar refractivity (Wildman–Crippen MR) is 118 cm³/mol. The van der Waals surface area contributed by atoms with E-state index >= 15 is 0 Å². The number of benzene rings is 3. The quantitative estimate of drug-likeness (QED) is 0.530. The van der Waals surface area contributed by atoms with Crippen molar-refractivity contribution in [3.05, 3.63) is 95.1 Å². The van der Waals surface area contributed by atoms with Crippen LogP contribution in [0.1, 0.15) is 28.3 Å². The summed E-state index contributed by atoms with van der Waals surface area (Å²) in [6.45, 7) is 2.14. The highest BCUT2D eigenvalue weighted by atomic mass is 16.5. The summed E-state index contributed by atoms with van der Waals surface area (Å²) in [5, 5.41) is 12.6. The topological polar surface area (TPSA) is 77.0 Å². The van der Waals surface area contributed by atoms with Crippen LogP contribution in [-0.4, -0.2) is 24.9 Å². The highest BCUT2D eigenvalue weighted by Crippen LogP contribution is 2.32. The van der Waals surface area contributed by atoms with E-state index in [1.54, 1.807) is 19.2 Å². The Labute approximate surface area is 182 Å². The summed E-state index contributed by atoms with van der Waals surface area (Å²) in [6, 6.07) is 22.1. The standard InChI is InChI=1S/C25H27NO5/c1-18-23(29-2)13-21(14-24(18)30-16-19-9-5-3-6-10-19)22(15-27)26-25(28)31-17-20-11-7-4-8-12-20/h3-14,22,27H,15-17H2,1-2H3,(H,26,28)/t22-/m1/s1. The molecule has 6 nitrogen and oxygen atoms in total. The molecule has 0 saturated carbocycles. The minimum absolute atomic E-state index is 0.146. The van der Waals surface area contributed by atoms with E-state index in [0.29, 0.717) is 23.7 Å². The molecule has 162 valence electrons. The number of methoxy groups -OCH3 is 1. The van der Waals surface area contributed by atoms with Crippen LogP contribution in [0, 0.1) is 6.92 Å². The summed E-state index contributed by atoms with van der Waals surface area (Å²) in [7, 11) is 1.57. The van der Waals surface area contributed by atoms with Crippen LogP contribution >= 0.6 is 0 Å². The van der Waals surface area contributed by atoms with Gasteiger partial charge in [0.05, 0.1) is 19.8 Å². The average Bonchev–Trinajstić information content (AvgIpc) is 2.82. The minimum Gasteiger partial charge on any atom is -0.496 e. The zero-order valence-corrected chi connectivity index (χ0v) is 17.7. The van der Waals surface area contributed by atoms with Gasteiger partial charge in [0.15, 0.2) is 0 Å². The van der Waals surface area contributed by atoms with E-state index in [2.05, 4.69) is 5.32 Å². The Morgan fingerprint density at radius 2 is 1.52 bits per heavy atom. The zero-order valence-electron chi connectivity index (χ0n) is 17.7. The highest BCUT2D eigenvalue weighted by Gasteiger charge is 2.19. The maximum atomic E-state index is 12.3. The van der Waals surface area contributed by atoms with Crippen molar-refractivity contribution < 1.29 is 24.1 Å². The first-order valence-corrected chi connectivity index (χ1v) is 10.0. The molecule has 3 rings (SSSR count). The second-order valence-electron chi connectivity index (χ2n) is 7.06. The van der Waals surface area contributed by atoms with Gasteiger partial charge >= 0.3 is 6.09 Å². The number of aliphatic hydroxyl groups is 1. The summed E-state index contributed by atoms with van der Waals surface area (Å²) in [5.41, 5.74) is 3.41. The molecule has 2 N–H and O–H groups in total. The van der Waals surface area contributed by atoms with Crippen LogP contribution in [0.4, 0.5) is 4.79 Å². The Morgan fingerprint density at radius 3 is 2.10 bits per heavy atom. The first-order valence-electron chi connectivity index (χ1n) is 10.0. The minimum atomic E-state index is -0.670. The number of aliphatic hydroxyl groups excluding tert-OH is 1. The van der Waals surface area contributed by atoms with Crippen molar-refractivity contribution in [3.63, 3.8) is 0 Å². The fraction of sp³-hybridized carbons (Fsp3) is 0.240. The van der Waals surface area contributed by atoms with Crippen molar-refractivity contribution in [2.24, 2.45) is 0 Å². The van der Waals surface area contributed by atoms with Crippen molar-refractivity contribution in [1.29, 1.82) is 0 Å². The van der Waals surface area contributed by atoms with E-state index in [0.717, 1.165) is 16.7 Å². The Morgan fingerprint density at radius 1 is 0.935 bits per heavy atom. The van der Waals surface area contributed by atoms with Crippen LogP contribution in [0.5, 0.6) is 11.5 Å². The fourth-order valence-electron chi connectivity index (χ4n) is 3.12. The monoisotopic (exact) mass is 421 g/mol. The van der Waals surface area contributed by atoms with Gasteiger partial charge in [-0.3, -0.25) is 0 Å². The van der Waals surface area contributed by atoms with Crippen LogP contribution in [0.25, 0.3) is 0 Å². The molecular weight excluding hydrogens is 394 g/mol. The third kappa shape index (κ3) is 6.23. The molecule has 0 spiro atoms. The molecule has 0 aromatic heterocycles. The SMILES string of the molecule is COc1cc([C@@H](CO)NC(=O)OCc2ccccc2)cc(OCc2ccccc2)c1C. The number of amides is 1. The van der Waals surface area contributed by atoms with Crippen molar-refractivity contribution in [1.82, 2.24) is 5.32 Å². The van der Waals surface area contributed by atoms with Gasteiger partial charge in [0.25, 0.3) is 0 Å². The Bertz CT molecular complexity index is 976. The van der Waals surface area contributed by atoms with E-state index in [1.807, 2.05) is 67.6 Å². The summed E-state index contributed by atoms with van der Waals surface area (Å²) in [5.74, 6) is 1.23. The van der Waals surface area contributed by atoms with E-state index < -0.39 is 12.1 Å². The maximum Gasteiger partial charge on any atom is 0.408 e. The number of alkyl carbamates (subject to hydrolysis) is 1. The number of ether oxygens (including phenoxy) is 3. The second kappa shape index (κ2) is 11.0. The van der Waals surface area contributed by atoms with Crippen LogP contribution in [0.15, 0.2) is 72.8 Å². The Balaban J connectivity index is 1.71. The molecular formula is C25H27NO5. The third-order valence-electron chi connectivity index (χ3n) is 4.88. The van der Waals surface area contributed by atoms with Gasteiger partial charge < -0.3 is 24.6 Å². The molecule has 0 heterocycles. The third-order valence-corrected chi connectivity index (χ3v) is 4.88. The van der Waals surface area contributed by atoms with Crippen molar-refractivity contribution in [3.8, 4) is 11.5 Å². The summed E-state index contributed by atoms with van der Waals surface area (Å²) < 4.78 is 16.8. The van der Waals surface area contributed by atoms with Gasteiger partial charge in [0, 0.05) is 5.56 Å². The number of carbonyl (C=O) groups is 1. The number of hydrogen-bond acceptors (Lipinski definition) is 5. The highest BCUT2D eigenvalue weighted by molar-refractivity contribution is 5.68. The smallest absolute Gasteiger partial charge is 0.408 e. The maximum absolute atomic E-state index is 12.3. The molecule has 0 radical (unpaired) electrons. The van der Waals surface area contributed by atoms with Gasteiger partial charge in [0.1, 0.15) is 24.7 Å². The van der Waals surface area contributed by atoms with Gasteiger partial charge in [-0.1, -0.05) is 60.7 Å². The van der Waals surface area contributed by atoms with Crippen LogP contribution in [0.3, 0.4) is 0 Å². The summed E-state index contributed by atoms with van der Waals surface area (Å²) >= 11 is 0. The van der Waals surface area contributed by atoms with Crippen LogP contribution in [-0.2, 0) is 18.0 Å². The van der Waals surface area contributed by atoms with E-state index in [1.165, 1.54) is 0 Å². The number of carbonyl (C=O) groups excluding carboxylic acids is 1. The largest absolute Gasteiger partial charge is 0.496 e. The predicted octanol–water partition coefficient (Wildman–Crippen LogP) is 4.54. The van der Waals surface area contributed by atoms with Crippen molar-refractivity contribution in [2.45, 2.75) is 26.2 Å². The Hall–Kier alpha value is -3.51. The molecule has 31 heavy (non-hydrogen) atoms. The molecule has 0 fully saturated rings. The van der Waals surface area contributed by atoms with Crippen LogP contribution < -0.4 is 14.8 Å².